The lowest BCUT2D eigenvalue weighted by atomic mass is 10.1. The number of nitrogens with one attached hydrogen (secondary N) is 1. The average Bonchev–Trinajstić information content (AvgIpc) is 2.67. The second kappa shape index (κ2) is 9.54. The Morgan fingerprint density at radius 1 is 1.24 bits per heavy atom. The molecule has 0 saturated carbocycles. The third-order valence-corrected chi connectivity index (χ3v) is 4.21. The number of amides is 1. The Balaban J connectivity index is 2.07. The second-order valence-corrected chi connectivity index (χ2v) is 6.31. The Labute approximate surface area is 168 Å². The van der Waals surface area contributed by atoms with Gasteiger partial charge in [-0.15, -0.1) is 0 Å². The van der Waals surface area contributed by atoms with Crippen LogP contribution >= 0.6 is 0 Å². The molecule has 2 aromatic rings. The van der Waals surface area contributed by atoms with Crippen molar-refractivity contribution < 1.29 is 24.3 Å². The number of aryl methyl sites for hydroxylation is 2. The number of ether oxygens (including phenoxy) is 2. The molecule has 0 spiro atoms. The molecular weight excluding hydrogens is 378 g/mol. The van der Waals surface area contributed by atoms with Gasteiger partial charge in [-0.1, -0.05) is 12.1 Å². The number of nitro groups is 1. The molecule has 0 saturated heterocycles. The summed E-state index contributed by atoms with van der Waals surface area (Å²) in [5.41, 5.74) is 4.94. The van der Waals surface area contributed by atoms with Crippen molar-refractivity contribution in [2.75, 3.05) is 13.2 Å². The highest BCUT2D eigenvalue weighted by Crippen LogP contribution is 2.33. The number of phenols is 1. The summed E-state index contributed by atoms with van der Waals surface area (Å²) >= 11 is 0. The first-order valence-corrected chi connectivity index (χ1v) is 8.90. The number of hydrazone groups is 1. The monoisotopic (exact) mass is 401 g/mol. The first-order chi connectivity index (χ1) is 13.7. The van der Waals surface area contributed by atoms with Crippen molar-refractivity contribution in [3.63, 3.8) is 0 Å². The van der Waals surface area contributed by atoms with Crippen LogP contribution in [-0.2, 0) is 4.79 Å². The minimum Gasteiger partial charge on any atom is -0.504 e. The third kappa shape index (κ3) is 5.44. The molecule has 0 unspecified atom stereocenters. The number of hydrogen-bond acceptors (Lipinski definition) is 7. The summed E-state index contributed by atoms with van der Waals surface area (Å²) in [6.07, 6.45) is 1.10. The molecule has 0 aromatic heterocycles. The van der Waals surface area contributed by atoms with E-state index in [4.69, 9.17) is 9.47 Å². The zero-order valence-corrected chi connectivity index (χ0v) is 16.7. The normalized spacial score (nSPS) is 10.8. The Morgan fingerprint density at radius 3 is 2.59 bits per heavy atom. The fraction of sp³-hybridized carbons (Fsp3) is 0.300. The lowest BCUT2D eigenvalue weighted by Gasteiger charge is -2.13. The van der Waals surface area contributed by atoms with Crippen molar-refractivity contribution in [3.05, 3.63) is 56.6 Å². The van der Waals surface area contributed by atoms with Gasteiger partial charge in [-0.3, -0.25) is 14.9 Å². The van der Waals surface area contributed by atoms with Gasteiger partial charge >= 0.3 is 0 Å². The van der Waals surface area contributed by atoms with Crippen LogP contribution in [0.5, 0.6) is 17.2 Å². The highest BCUT2D eigenvalue weighted by Gasteiger charge is 2.16. The first kappa shape index (κ1) is 21.7. The first-order valence-electron chi connectivity index (χ1n) is 8.90. The summed E-state index contributed by atoms with van der Waals surface area (Å²) < 4.78 is 10.8. The van der Waals surface area contributed by atoms with Gasteiger partial charge in [0.1, 0.15) is 5.75 Å². The predicted molar refractivity (Wildman–Crippen MR) is 108 cm³/mol. The van der Waals surface area contributed by atoms with Gasteiger partial charge in [-0.05, 0) is 44.4 Å². The van der Waals surface area contributed by atoms with E-state index in [9.17, 15) is 20.0 Å². The van der Waals surface area contributed by atoms with Gasteiger partial charge in [-0.2, -0.15) is 5.10 Å². The zero-order chi connectivity index (χ0) is 21.6. The number of benzene rings is 2. The fourth-order valence-electron chi connectivity index (χ4n) is 2.58. The summed E-state index contributed by atoms with van der Waals surface area (Å²) in [6, 6.07) is 6.14. The molecule has 2 N–H and O–H groups in total. The van der Waals surface area contributed by atoms with Gasteiger partial charge in [0.05, 0.1) is 23.8 Å². The molecule has 9 nitrogen and oxygen atoms in total. The zero-order valence-electron chi connectivity index (χ0n) is 16.7. The van der Waals surface area contributed by atoms with Crippen LogP contribution in [0.3, 0.4) is 0 Å². The van der Waals surface area contributed by atoms with E-state index in [1.54, 1.807) is 6.92 Å². The molecule has 0 atom stereocenters. The highest BCUT2D eigenvalue weighted by atomic mass is 16.6. The van der Waals surface area contributed by atoms with Crippen molar-refractivity contribution in [1.82, 2.24) is 5.43 Å². The van der Waals surface area contributed by atoms with E-state index in [-0.39, 0.29) is 36.0 Å². The van der Waals surface area contributed by atoms with Gasteiger partial charge in [0.15, 0.2) is 18.1 Å². The average molecular weight is 401 g/mol. The van der Waals surface area contributed by atoms with Gasteiger partial charge in [0, 0.05) is 11.6 Å². The Bertz CT molecular complexity index is 956. The van der Waals surface area contributed by atoms with Crippen LogP contribution in [0.15, 0.2) is 29.4 Å². The number of nitrogens with zero attached hydrogens (tertiary/aromatic N) is 2. The summed E-state index contributed by atoms with van der Waals surface area (Å²) in [4.78, 5) is 22.4. The quantitative estimate of drug-likeness (QED) is 0.398. The number of nitro benzene ring substituents is 1. The van der Waals surface area contributed by atoms with Gasteiger partial charge in [-0.25, -0.2) is 5.43 Å². The lowest BCUT2D eigenvalue weighted by molar-refractivity contribution is -0.385. The smallest absolute Gasteiger partial charge is 0.277 e. The molecule has 154 valence electrons. The van der Waals surface area contributed by atoms with Crippen LogP contribution < -0.4 is 14.9 Å². The molecule has 0 heterocycles. The molecule has 1 amide bonds. The van der Waals surface area contributed by atoms with Crippen molar-refractivity contribution in [3.8, 4) is 17.2 Å². The number of carbonyl (C=O) groups is 1. The molecule has 29 heavy (non-hydrogen) atoms. The summed E-state index contributed by atoms with van der Waals surface area (Å²) in [5.74, 6) is -0.223. The summed E-state index contributed by atoms with van der Waals surface area (Å²) in [7, 11) is 0. The minimum atomic E-state index is -0.613. The molecule has 0 bridgehead atoms. The number of phenolic OH excluding ortho intramolecular Hbond substituents is 1. The Morgan fingerprint density at radius 2 is 1.93 bits per heavy atom. The van der Waals surface area contributed by atoms with Crippen molar-refractivity contribution in [2.24, 2.45) is 5.10 Å². The van der Waals surface area contributed by atoms with E-state index in [2.05, 4.69) is 10.5 Å². The molecule has 0 fully saturated rings. The van der Waals surface area contributed by atoms with Crippen LogP contribution in [0, 0.1) is 30.9 Å². The molecule has 0 aliphatic heterocycles. The number of aromatic hydroxyl groups is 1. The van der Waals surface area contributed by atoms with Crippen LogP contribution in [0.4, 0.5) is 5.69 Å². The van der Waals surface area contributed by atoms with Gasteiger partial charge in [0.25, 0.3) is 11.6 Å². The Hall–Kier alpha value is -3.62. The van der Waals surface area contributed by atoms with E-state index in [1.165, 1.54) is 0 Å². The number of hydrogen-bond donors (Lipinski definition) is 2. The highest BCUT2D eigenvalue weighted by molar-refractivity contribution is 5.87. The predicted octanol–water partition coefficient (Wildman–Crippen LogP) is 3.15. The maximum absolute atomic E-state index is 12.0. The lowest BCUT2D eigenvalue weighted by Crippen LogP contribution is -2.25. The van der Waals surface area contributed by atoms with E-state index in [0.717, 1.165) is 35.0 Å². The maximum Gasteiger partial charge on any atom is 0.277 e. The minimum absolute atomic E-state index is 0.0363. The van der Waals surface area contributed by atoms with Gasteiger partial charge < -0.3 is 14.6 Å². The van der Waals surface area contributed by atoms with Gasteiger partial charge in [0.2, 0.25) is 0 Å². The van der Waals surface area contributed by atoms with Crippen molar-refractivity contribution in [2.45, 2.75) is 27.7 Å². The number of rotatable bonds is 8. The largest absolute Gasteiger partial charge is 0.504 e. The third-order valence-electron chi connectivity index (χ3n) is 4.21. The Kier molecular flexibility index (Phi) is 7.13. The molecule has 0 aliphatic rings. The summed E-state index contributed by atoms with van der Waals surface area (Å²) in [5, 5.41) is 24.9. The number of non-ortho nitro benzene ring substituents is 1. The fourth-order valence-corrected chi connectivity index (χ4v) is 2.58. The molecule has 2 rings (SSSR count). The standard InChI is InChI=1S/C20H23N3O6/c1-5-28-17-9-16(23(26)27)8-15(19(17)25)10-21-22-18(24)11-29-20-13(3)7-6-12(2)14(20)4/h6-10,25H,5,11H2,1-4H3,(H,22,24). The molecule has 9 heteroatoms. The van der Waals surface area contributed by atoms with Crippen LogP contribution in [0.2, 0.25) is 0 Å². The topological polar surface area (TPSA) is 123 Å². The second-order valence-electron chi connectivity index (χ2n) is 6.31. The maximum atomic E-state index is 12.0. The van der Waals surface area contributed by atoms with Crippen LogP contribution in [-0.4, -0.2) is 35.4 Å². The van der Waals surface area contributed by atoms with Crippen molar-refractivity contribution >= 4 is 17.8 Å². The molecule has 0 aliphatic carbocycles. The summed E-state index contributed by atoms with van der Waals surface area (Å²) in [6.45, 7) is 7.40. The van der Waals surface area contributed by atoms with E-state index in [1.807, 2.05) is 32.9 Å². The molecule has 2 aromatic carbocycles. The van der Waals surface area contributed by atoms with Crippen LogP contribution in [0.25, 0.3) is 0 Å². The number of carbonyl (C=O) groups excluding carboxylic acids is 1. The van der Waals surface area contributed by atoms with E-state index in [0.29, 0.717) is 5.75 Å². The molecular formula is C20H23N3O6. The SMILES string of the molecule is CCOc1cc([N+](=O)[O-])cc(C=NNC(=O)COc2c(C)ccc(C)c2C)c1O. The van der Waals surface area contributed by atoms with E-state index >= 15 is 0 Å². The molecule has 0 radical (unpaired) electrons. The van der Waals surface area contributed by atoms with Crippen LogP contribution in [0.1, 0.15) is 29.2 Å². The van der Waals surface area contributed by atoms with E-state index < -0.39 is 10.8 Å². The van der Waals surface area contributed by atoms with Crippen molar-refractivity contribution in [1.29, 1.82) is 0 Å².